The normalized spacial score (nSPS) is 11.1. The lowest BCUT2D eigenvalue weighted by Crippen LogP contribution is -2.28. The summed E-state index contributed by atoms with van der Waals surface area (Å²) < 4.78 is 36.8. The summed E-state index contributed by atoms with van der Waals surface area (Å²) in [6, 6.07) is 1.10. The van der Waals surface area contributed by atoms with Crippen LogP contribution in [0.2, 0.25) is 0 Å². The monoisotopic (exact) mass is 259 g/mol. The summed E-state index contributed by atoms with van der Waals surface area (Å²) in [5.74, 6) is -5.09. The number of ether oxygens (including phenoxy) is 2. The van der Waals surface area contributed by atoms with Crippen LogP contribution in [-0.4, -0.2) is 24.2 Å². The van der Waals surface area contributed by atoms with Gasteiger partial charge in [0.05, 0.1) is 25.0 Å². The molecule has 0 aliphatic heterocycles. The maximum atomic E-state index is 13.7. The molecule has 0 aromatic carbocycles. The van der Waals surface area contributed by atoms with Crippen molar-refractivity contribution in [1.29, 1.82) is 0 Å². The molecule has 0 atom stereocenters. The summed E-state index contributed by atoms with van der Waals surface area (Å²) in [5, 5.41) is 0. The summed E-state index contributed by atoms with van der Waals surface area (Å²) in [5.41, 5.74) is -0.533. The molecule has 1 aromatic rings. The number of carbonyl (C=O) groups excluding carboxylic acids is 1. The maximum absolute atomic E-state index is 13.7. The lowest BCUT2D eigenvalue weighted by Gasteiger charge is -2.15. The maximum Gasteiger partial charge on any atom is 0.382 e. The van der Waals surface area contributed by atoms with Crippen molar-refractivity contribution >= 4 is 5.97 Å². The molecule has 0 aliphatic carbocycles. The molecule has 0 saturated carbocycles. The van der Waals surface area contributed by atoms with Gasteiger partial charge in [0, 0.05) is 6.20 Å². The quantitative estimate of drug-likeness (QED) is 0.736. The van der Waals surface area contributed by atoms with Gasteiger partial charge in [-0.15, -0.1) is 0 Å². The minimum absolute atomic E-state index is 0.103. The minimum Gasteiger partial charge on any atom is -0.492 e. The Hall–Kier alpha value is -1.72. The molecule has 1 rings (SSSR count). The van der Waals surface area contributed by atoms with Crippen LogP contribution >= 0.6 is 0 Å². The van der Waals surface area contributed by atoms with E-state index >= 15 is 0 Å². The molecule has 1 aromatic heterocycles. The minimum atomic E-state index is -3.71. The summed E-state index contributed by atoms with van der Waals surface area (Å²) in [6.45, 7) is 3.65. The smallest absolute Gasteiger partial charge is 0.382 e. The molecule has 0 N–H and O–H groups in total. The first-order valence-electron chi connectivity index (χ1n) is 5.65. The van der Waals surface area contributed by atoms with Gasteiger partial charge in [-0.2, -0.15) is 8.78 Å². The Kier molecular flexibility index (Phi) is 5.00. The van der Waals surface area contributed by atoms with Gasteiger partial charge < -0.3 is 9.47 Å². The molecule has 0 spiro atoms. The van der Waals surface area contributed by atoms with Gasteiger partial charge in [-0.05, 0) is 19.4 Å². The Morgan fingerprint density at radius 3 is 2.72 bits per heavy atom. The fourth-order valence-corrected chi connectivity index (χ4v) is 1.23. The van der Waals surface area contributed by atoms with Crippen molar-refractivity contribution in [3.8, 4) is 5.75 Å². The highest BCUT2D eigenvalue weighted by Crippen LogP contribution is 2.30. The average Bonchev–Trinajstić information content (AvgIpc) is 2.37. The fourth-order valence-electron chi connectivity index (χ4n) is 1.23. The Labute approximate surface area is 104 Å². The summed E-state index contributed by atoms with van der Waals surface area (Å²) in [6.07, 6.45) is 2.99. The Balaban J connectivity index is 2.90. The fraction of sp³-hybridized carbons (Fsp3) is 0.500. The van der Waals surface area contributed by atoms with Crippen LogP contribution in [0.1, 0.15) is 25.8 Å². The van der Waals surface area contributed by atoms with E-state index in [1.807, 2.05) is 6.92 Å². The number of carbonyl (C=O) groups is 1. The molecule has 0 bridgehead atoms. The van der Waals surface area contributed by atoms with Crippen molar-refractivity contribution in [3.63, 3.8) is 0 Å². The first-order valence-corrected chi connectivity index (χ1v) is 5.65. The molecule has 0 fully saturated rings. The van der Waals surface area contributed by atoms with E-state index in [1.54, 1.807) is 0 Å². The number of halogens is 2. The number of rotatable bonds is 6. The number of hydrogen-bond donors (Lipinski definition) is 0. The molecular formula is C12H15F2NO3. The first-order chi connectivity index (χ1) is 8.52. The van der Waals surface area contributed by atoms with Gasteiger partial charge >= 0.3 is 11.9 Å². The standard InChI is InChI=1S/C12H15F2NO3/c1-3-5-18-10-6-9(7-15-8-10)12(13,14)11(16)17-4-2/h6-8H,3-5H2,1-2H3. The SMILES string of the molecule is CCCOc1cncc(C(F)(F)C(=O)OCC)c1. The van der Waals surface area contributed by atoms with Crippen molar-refractivity contribution in [2.75, 3.05) is 13.2 Å². The van der Waals surface area contributed by atoms with Crippen molar-refractivity contribution in [3.05, 3.63) is 24.0 Å². The predicted molar refractivity (Wildman–Crippen MR) is 60.6 cm³/mol. The lowest BCUT2D eigenvalue weighted by molar-refractivity contribution is -0.173. The second-order valence-electron chi connectivity index (χ2n) is 3.55. The van der Waals surface area contributed by atoms with E-state index in [4.69, 9.17) is 4.74 Å². The third kappa shape index (κ3) is 3.38. The zero-order valence-corrected chi connectivity index (χ0v) is 10.3. The van der Waals surface area contributed by atoms with Gasteiger partial charge in [0.2, 0.25) is 0 Å². The van der Waals surface area contributed by atoms with Gasteiger partial charge in [0.15, 0.2) is 0 Å². The Morgan fingerprint density at radius 2 is 2.11 bits per heavy atom. The van der Waals surface area contributed by atoms with Crippen LogP contribution in [0.3, 0.4) is 0 Å². The van der Waals surface area contributed by atoms with E-state index in [9.17, 15) is 13.6 Å². The summed E-state index contributed by atoms with van der Waals surface area (Å²) >= 11 is 0. The zero-order chi connectivity index (χ0) is 13.6. The lowest BCUT2D eigenvalue weighted by atomic mass is 10.1. The molecule has 4 nitrogen and oxygen atoms in total. The molecule has 0 radical (unpaired) electrons. The van der Waals surface area contributed by atoms with E-state index in [2.05, 4.69) is 9.72 Å². The largest absolute Gasteiger partial charge is 0.492 e. The van der Waals surface area contributed by atoms with Crippen LogP contribution in [0, 0.1) is 0 Å². The van der Waals surface area contributed by atoms with E-state index in [-0.39, 0.29) is 12.4 Å². The molecule has 100 valence electrons. The molecule has 0 unspecified atom stereocenters. The summed E-state index contributed by atoms with van der Waals surface area (Å²) in [4.78, 5) is 14.8. The molecule has 1 heterocycles. The third-order valence-corrected chi connectivity index (χ3v) is 2.08. The van der Waals surface area contributed by atoms with E-state index < -0.39 is 17.5 Å². The van der Waals surface area contributed by atoms with Crippen LogP contribution in [-0.2, 0) is 15.5 Å². The van der Waals surface area contributed by atoms with Gasteiger partial charge in [-0.1, -0.05) is 6.92 Å². The molecule has 6 heteroatoms. The highest BCUT2D eigenvalue weighted by molar-refractivity contribution is 5.79. The highest BCUT2D eigenvalue weighted by atomic mass is 19.3. The highest BCUT2D eigenvalue weighted by Gasteiger charge is 2.43. The Bertz CT molecular complexity index is 410. The summed E-state index contributed by atoms with van der Waals surface area (Å²) in [7, 11) is 0. The molecule has 0 amide bonds. The van der Waals surface area contributed by atoms with Crippen LogP contribution in [0.15, 0.2) is 18.5 Å². The van der Waals surface area contributed by atoms with Crippen molar-refractivity contribution in [2.24, 2.45) is 0 Å². The number of aromatic nitrogens is 1. The molecule has 18 heavy (non-hydrogen) atoms. The van der Waals surface area contributed by atoms with E-state index in [0.717, 1.165) is 18.7 Å². The van der Waals surface area contributed by atoms with Crippen LogP contribution < -0.4 is 4.74 Å². The van der Waals surface area contributed by atoms with E-state index in [1.165, 1.54) is 13.1 Å². The number of nitrogens with zero attached hydrogens (tertiary/aromatic N) is 1. The van der Waals surface area contributed by atoms with Crippen LogP contribution in [0.25, 0.3) is 0 Å². The number of pyridine rings is 1. The van der Waals surface area contributed by atoms with Crippen molar-refractivity contribution < 1.29 is 23.0 Å². The van der Waals surface area contributed by atoms with Crippen molar-refractivity contribution in [2.45, 2.75) is 26.2 Å². The van der Waals surface area contributed by atoms with E-state index in [0.29, 0.717) is 6.61 Å². The average molecular weight is 259 g/mol. The number of esters is 1. The van der Waals surface area contributed by atoms with Gasteiger partial charge in [0.25, 0.3) is 0 Å². The third-order valence-electron chi connectivity index (χ3n) is 2.08. The molecule has 0 saturated heterocycles. The van der Waals surface area contributed by atoms with Crippen molar-refractivity contribution in [1.82, 2.24) is 4.98 Å². The second kappa shape index (κ2) is 6.28. The van der Waals surface area contributed by atoms with Gasteiger partial charge in [-0.25, -0.2) is 4.79 Å². The topological polar surface area (TPSA) is 48.4 Å². The van der Waals surface area contributed by atoms with Crippen LogP contribution in [0.4, 0.5) is 8.78 Å². The predicted octanol–water partition coefficient (Wildman–Crippen LogP) is 2.53. The number of alkyl halides is 2. The van der Waals surface area contributed by atoms with Gasteiger partial charge in [-0.3, -0.25) is 4.98 Å². The Morgan fingerprint density at radius 1 is 1.39 bits per heavy atom. The molecular weight excluding hydrogens is 244 g/mol. The second-order valence-corrected chi connectivity index (χ2v) is 3.55. The number of hydrogen-bond acceptors (Lipinski definition) is 4. The first kappa shape index (κ1) is 14.3. The zero-order valence-electron chi connectivity index (χ0n) is 10.3. The molecule has 0 aliphatic rings. The van der Waals surface area contributed by atoms with Crippen LogP contribution in [0.5, 0.6) is 5.75 Å². The van der Waals surface area contributed by atoms with Gasteiger partial charge in [0.1, 0.15) is 5.75 Å².